The van der Waals surface area contributed by atoms with Crippen LogP contribution < -0.4 is 0 Å². The van der Waals surface area contributed by atoms with E-state index in [2.05, 4.69) is 0 Å². The molecule has 0 unspecified atom stereocenters. The van der Waals surface area contributed by atoms with Crippen LogP contribution in [0.15, 0.2) is 53.4 Å². The molecule has 8 heteroatoms. The molecule has 0 radical (unpaired) electrons. The maximum atomic E-state index is 12.8. The fourth-order valence-electron chi connectivity index (χ4n) is 3.47. The van der Waals surface area contributed by atoms with Gasteiger partial charge in [-0.05, 0) is 48.7 Å². The molecule has 1 amide bonds. The van der Waals surface area contributed by atoms with Crippen LogP contribution in [0.1, 0.15) is 24.0 Å². The summed E-state index contributed by atoms with van der Waals surface area (Å²) in [5.74, 6) is -0.213. The molecule has 1 aliphatic rings. The topological polar surface area (TPSA) is 81.5 Å². The monoisotopic (exact) mass is 431 g/mol. The van der Waals surface area contributed by atoms with Crippen molar-refractivity contribution in [1.82, 2.24) is 9.21 Å². The van der Waals surface area contributed by atoms with Crippen molar-refractivity contribution in [3.8, 4) is 6.07 Å². The lowest BCUT2D eigenvalue weighted by Crippen LogP contribution is -2.43. The summed E-state index contributed by atoms with van der Waals surface area (Å²) in [4.78, 5) is 14.6. The van der Waals surface area contributed by atoms with Gasteiger partial charge in [0, 0.05) is 37.6 Å². The maximum absolute atomic E-state index is 12.8. The van der Waals surface area contributed by atoms with Gasteiger partial charge in [0.05, 0.1) is 16.5 Å². The summed E-state index contributed by atoms with van der Waals surface area (Å²) >= 11 is 6.18. The Bertz CT molecular complexity index is 1020. The molecule has 0 saturated carbocycles. The van der Waals surface area contributed by atoms with Crippen molar-refractivity contribution in [2.24, 2.45) is 5.92 Å². The van der Waals surface area contributed by atoms with Gasteiger partial charge < -0.3 is 4.90 Å². The van der Waals surface area contributed by atoms with E-state index in [9.17, 15) is 13.2 Å². The van der Waals surface area contributed by atoms with Crippen LogP contribution in [0, 0.1) is 17.2 Å². The van der Waals surface area contributed by atoms with E-state index in [4.69, 9.17) is 16.9 Å². The quantitative estimate of drug-likeness (QED) is 0.727. The van der Waals surface area contributed by atoms with Gasteiger partial charge in [0.25, 0.3) is 0 Å². The summed E-state index contributed by atoms with van der Waals surface area (Å²) in [5, 5.41) is 9.48. The highest BCUT2D eigenvalue weighted by atomic mass is 35.5. The van der Waals surface area contributed by atoms with E-state index in [1.165, 1.54) is 28.6 Å². The predicted molar refractivity (Wildman–Crippen MR) is 111 cm³/mol. The van der Waals surface area contributed by atoms with Crippen molar-refractivity contribution in [3.63, 3.8) is 0 Å². The normalized spacial score (nSPS) is 15.6. The van der Waals surface area contributed by atoms with Gasteiger partial charge in [-0.25, -0.2) is 8.42 Å². The van der Waals surface area contributed by atoms with Crippen LogP contribution in [0.2, 0.25) is 5.02 Å². The number of halogens is 1. The standard InChI is InChI=1S/C21H22ClN3O3S/c1-24(15-18-4-2-3-5-20(18)22)21(26)17-10-12-25(13-11-17)29(27,28)19-8-6-16(14-23)7-9-19/h2-9,17H,10-13,15H2,1H3. The maximum Gasteiger partial charge on any atom is 0.243 e. The first kappa shape index (κ1) is 21.3. The average Bonchev–Trinajstić information content (AvgIpc) is 2.75. The molecule has 3 rings (SSSR count). The molecule has 0 atom stereocenters. The second kappa shape index (κ2) is 8.95. The number of carbonyl (C=O) groups is 1. The van der Waals surface area contributed by atoms with Gasteiger partial charge in [-0.2, -0.15) is 9.57 Å². The molecule has 6 nitrogen and oxygen atoms in total. The number of hydrogen-bond donors (Lipinski definition) is 0. The second-order valence-corrected chi connectivity index (χ2v) is 9.45. The number of sulfonamides is 1. The third kappa shape index (κ3) is 4.78. The zero-order chi connectivity index (χ0) is 21.0. The zero-order valence-corrected chi connectivity index (χ0v) is 17.7. The molecule has 2 aromatic rings. The Morgan fingerprint density at radius 2 is 1.79 bits per heavy atom. The van der Waals surface area contributed by atoms with Gasteiger partial charge in [0.2, 0.25) is 15.9 Å². The average molecular weight is 432 g/mol. The van der Waals surface area contributed by atoms with E-state index in [0.717, 1.165) is 5.56 Å². The molecule has 2 aromatic carbocycles. The van der Waals surface area contributed by atoms with E-state index in [1.807, 2.05) is 24.3 Å². The minimum absolute atomic E-state index is 0.000316. The minimum atomic E-state index is -3.63. The van der Waals surface area contributed by atoms with Crippen molar-refractivity contribution in [3.05, 3.63) is 64.7 Å². The Balaban J connectivity index is 1.61. The molecule has 0 bridgehead atoms. The molecule has 0 spiro atoms. The number of benzene rings is 2. The van der Waals surface area contributed by atoms with Crippen LogP contribution in [0.4, 0.5) is 0 Å². The lowest BCUT2D eigenvalue weighted by atomic mass is 9.96. The minimum Gasteiger partial charge on any atom is -0.341 e. The van der Waals surface area contributed by atoms with Crippen LogP contribution >= 0.6 is 11.6 Å². The molecule has 29 heavy (non-hydrogen) atoms. The van der Waals surface area contributed by atoms with Crippen molar-refractivity contribution in [2.75, 3.05) is 20.1 Å². The van der Waals surface area contributed by atoms with Gasteiger partial charge in [0.15, 0.2) is 0 Å². The summed E-state index contributed by atoms with van der Waals surface area (Å²) in [7, 11) is -1.89. The summed E-state index contributed by atoms with van der Waals surface area (Å²) in [6.07, 6.45) is 0.947. The predicted octanol–water partition coefficient (Wildman–Crippen LogP) is 3.27. The molecule has 1 aliphatic heterocycles. The molecule has 0 N–H and O–H groups in total. The Hall–Kier alpha value is -2.40. The third-order valence-electron chi connectivity index (χ3n) is 5.17. The fourth-order valence-corrected chi connectivity index (χ4v) is 5.13. The number of amides is 1. The van der Waals surface area contributed by atoms with E-state index in [0.29, 0.717) is 43.1 Å². The van der Waals surface area contributed by atoms with Crippen molar-refractivity contribution in [1.29, 1.82) is 5.26 Å². The molecule has 1 fully saturated rings. The smallest absolute Gasteiger partial charge is 0.243 e. The summed E-state index contributed by atoms with van der Waals surface area (Å²) < 4.78 is 27.0. The van der Waals surface area contributed by atoms with Gasteiger partial charge >= 0.3 is 0 Å². The Kier molecular flexibility index (Phi) is 6.58. The summed E-state index contributed by atoms with van der Waals surface area (Å²) in [5.41, 5.74) is 1.29. The number of nitrogens with zero attached hydrogens (tertiary/aromatic N) is 3. The summed E-state index contributed by atoms with van der Waals surface area (Å²) in [6.45, 7) is 1.000. The highest BCUT2D eigenvalue weighted by Gasteiger charge is 2.33. The number of piperidine rings is 1. The van der Waals surface area contributed by atoms with Crippen LogP contribution in [0.25, 0.3) is 0 Å². The Morgan fingerprint density at radius 3 is 2.38 bits per heavy atom. The number of carbonyl (C=O) groups excluding carboxylic acids is 1. The molecule has 152 valence electrons. The van der Waals surface area contributed by atoms with E-state index in [-0.39, 0.29) is 16.7 Å². The first-order valence-electron chi connectivity index (χ1n) is 9.31. The lowest BCUT2D eigenvalue weighted by Gasteiger charge is -2.32. The SMILES string of the molecule is CN(Cc1ccccc1Cl)C(=O)C1CCN(S(=O)(=O)c2ccc(C#N)cc2)CC1. The zero-order valence-electron chi connectivity index (χ0n) is 16.1. The first-order chi connectivity index (χ1) is 13.8. The largest absolute Gasteiger partial charge is 0.341 e. The summed E-state index contributed by atoms with van der Waals surface area (Å²) in [6, 6.07) is 15.3. The van der Waals surface area contributed by atoms with E-state index in [1.54, 1.807) is 18.0 Å². The van der Waals surface area contributed by atoms with Crippen molar-refractivity contribution >= 4 is 27.5 Å². The first-order valence-corrected chi connectivity index (χ1v) is 11.1. The van der Waals surface area contributed by atoms with E-state index < -0.39 is 10.0 Å². The van der Waals surface area contributed by atoms with E-state index >= 15 is 0 Å². The fraction of sp³-hybridized carbons (Fsp3) is 0.333. The highest BCUT2D eigenvalue weighted by Crippen LogP contribution is 2.26. The van der Waals surface area contributed by atoms with Gasteiger partial charge in [-0.1, -0.05) is 29.8 Å². The van der Waals surface area contributed by atoms with Gasteiger partial charge in [-0.3, -0.25) is 4.79 Å². The van der Waals surface area contributed by atoms with Crippen LogP contribution in [0.5, 0.6) is 0 Å². The highest BCUT2D eigenvalue weighted by molar-refractivity contribution is 7.89. The molecule has 0 aromatic heterocycles. The van der Waals surface area contributed by atoms with Crippen LogP contribution in [0.3, 0.4) is 0 Å². The Labute approximate surface area is 176 Å². The van der Waals surface area contributed by atoms with Crippen LogP contribution in [-0.2, 0) is 21.4 Å². The van der Waals surface area contributed by atoms with Crippen molar-refractivity contribution < 1.29 is 13.2 Å². The third-order valence-corrected chi connectivity index (χ3v) is 7.45. The molecular formula is C21H22ClN3O3S. The van der Waals surface area contributed by atoms with Crippen molar-refractivity contribution in [2.45, 2.75) is 24.3 Å². The molecular weight excluding hydrogens is 410 g/mol. The van der Waals surface area contributed by atoms with Gasteiger partial charge in [0.1, 0.15) is 0 Å². The number of rotatable bonds is 5. The molecule has 1 saturated heterocycles. The Morgan fingerprint density at radius 1 is 1.17 bits per heavy atom. The number of hydrogen-bond acceptors (Lipinski definition) is 4. The molecule has 1 heterocycles. The number of nitriles is 1. The molecule has 0 aliphatic carbocycles. The second-order valence-electron chi connectivity index (χ2n) is 7.10. The van der Waals surface area contributed by atoms with Gasteiger partial charge in [-0.15, -0.1) is 0 Å². The van der Waals surface area contributed by atoms with Crippen LogP contribution in [-0.4, -0.2) is 43.7 Å². The lowest BCUT2D eigenvalue weighted by molar-refractivity contribution is -0.135.